The summed E-state index contributed by atoms with van der Waals surface area (Å²) in [7, 11) is 0. The molecule has 0 spiro atoms. The number of benzene rings is 1. The van der Waals surface area contributed by atoms with E-state index in [0.29, 0.717) is 12.3 Å². The molecule has 1 aliphatic carbocycles. The van der Waals surface area contributed by atoms with Gasteiger partial charge in [0.25, 0.3) is 0 Å². The van der Waals surface area contributed by atoms with Gasteiger partial charge in [-0.1, -0.05) is 25.8 Å². The maximum atomic E-state index is 12.4. The van der Waals surface area contributed by atoms with Crippen LogP contribution in [0.15, 0.2) is 30.5 Å². The Labute approximate surface area is 125 Å². The molecular weight excluding hydrogens is 262 g/mol. The summed E-state index contributed by atoms with van der Waals surface area (Å²) in [4.78, 5) is 12.4. The van der Waals surface area contributed by atoms with Crippen molar-refractivity contribution in [3.63, 3.8) is 0 Å². The molecule has 0 saturated heterocycles. The van der Waals surface area contributed by atoms with Gasteiger partial charge < -0.3 is 9.30 Å². The van der Waals surface area contributed by atoms with Gasteiger partial charge in [-0.15, -0.1) is 0 Å². The number of hydrogen-bond acceptors (Lipinski definition) is 2. The van der Waals surface area contributed by atoms with E-state index in [1.165, 1.54) is 12.8 Å². The fraction of sp³-hybridized carbons (Fsp3) is 0.500. The highest BCUT2D eigenvalue weighted by molar-refractivity contribution is 5.89. The number of nitrogens with zero attached hydrogens (tertiary/aromatic N) is 1. The van der Waals surface area contributed by atoms with Crippen molar-refractivity contribution < 1.29 is 9.53 Å². The first-order valence-electron chi connectivity index (χ1n) is 8.03. The van der Waals surface area contributed by atoms with E-state index in [9.17, 15) is 4.79 Å². The zero-order valence-corrected chi connectivity index (χ0v) is 12.7. The van der Waals surface area contributed by atoms with Crippen molar-refractivity contribution >= 4 is 16.7 Å². The first-order valence-corrected chi connectivity index (χ1v) is 8.03. The quantitative estimate of drug-likeness (QED) is 0.797. The average molecular weight is 285 g/mol. The fourth-order valence-electron chi connectivity index (χ4n) is 3.22. The maximum Gasteiger partial charge on any atom is 0.155 e. The largest absolute Gasteiger partial charge is 0.493 e. The smallest absolute Gasteiger partial charge is 0.155 e. The predicted octanol–water partition coefficient (Wildman–Crippen LogP) is 4.19. The molecule has 1 aliphatic rings. The molecule has 1 aromatic heterocycles. The third kappa shape index (κ3) is 2.97. The van der Waals surface area contributed by atoms with Crippen LogP contribution in [0.3, 0.4) is 0 Å². The minimum Gasteiger partial charge on any atom is -0.493 e. The molecule has 21 heavy (non-hydrogen) atoms. The Morgan fingerprint density at radius 2 is 2.10 bits per heavy atom. The van der Waals surface area contributed by atoms with E-state index in [4.69, 9.17) is 4.74 Å². The highest BCUT2D eigenvalue weighted by Gasteiger charge is 2.23. The van der Waals surface area contributed by atoms with E-state index >= 15 is 0 Å². The number of carbonyl (C=O) groups excluding carboxylic acids is 1. The number of rotatable bonds is 6. The Bertz CT molecular complexity index is 623. The van der Waals surface area contributed by atoms with Gasteiger partial charge in [0.2, 0.25) is 0 Å². The molecule has 1 fully saturated rings. The molecule has 3 rings (SSSR count). The van der Waals surface area contributed by atoms with Crippen LogP contribution in [0.2, 0.25) is 0 Å². The summed E-state index contributed by atoms with van der Waals surface area (Å²) in [6.45, 7) is 3.32. The summed E-state index contributed by atoms with van der Waals surface area (Å²) >= 11 is 0. The molecule has 1 aromatic carbocycles. The zero-order chi connectivity index (χ0) is 14.7. The summed E-state index contributed by atoms with van der Waals surface area (Å²) < 4.78 is 7.85. The maximum absolute atomic E-state index is 12.4. The molecule has 2 aromatic rings. The highest BCUT2D eigenvalue weighted by atomic mass is 16.5. The Hall–Kier alpha value is -1.77. The van der Waals surface area contributed by atoms with Gasteiger partial charge in [-0.25, -0.2) is 0 Å². The number of aromatic nitrogens is 1. The molecule has 0 bridgehead atoms. The topological polar surface area (TPSA) is 31.2 Å². The van der Waals surface area contributed by atoms with Crippen molar-refractivity contribution in [1.29, 1.82) is 0 Å². The third-order valence-corrected chi connectivity index (χ3v) is 4.37. The second kappa shape index (κ2) is 6.33. The Balaban J connectivity index is 1.81. The minimum absolute atomic E-state index is 0.280. The fourth-order valence-corrected chi connectivity index (χ4v) is 3.22. The Morgan fingerprint density at radius 1 is 1.29 bits per heavy atom. The predicted molar refractivity (Wildman–Crippen MR) is 84.7 cm³/mol. The van der Waals surface area contributed by atoms with E-state index in [1.807, 2.05) is 18.3 Å². The lowest BCUT2D eigenvalue weighted by atomic mass is 10.0. The summed E-state index contributed by atoms with van der Waals surface area (Å²) in [6, 6.07) is 8.13. The van der Waals surface area contributed by atoms with E-state index < -0.39 is 0 Å². The van der Waals surface area contributed by atoms with Crippen molar-refractivity contribution in [1.82, 2.24) is 4.57 Å². The molecule has 1 saturated carbocycles. The highest BCUT2D eigenvalue weighted by Crippen LogP contribution is 2.29. The average Bonchev–Trinajstić information content (AvgIpc) is 3.15. The zero-order valence-electron chi connectivity index (χ0n) is 12.7. The van der Waals surface area contributed by atoms with Gasteiger partial charge in [-0.3, -0.25) is 4.79 Å². The molecular formula is C18H23NO2. The van der Waals surface area contributed by atoms with Crippen LogP contribution in [-0.4, -0.2) is 17.0 Å². The van der Waals surface area contributed by atoms with Gasteiger partial charge in [0.1, 0.15) is 5.75 Å². The summed E-state index contributed by atoms with van der Waals surface area (Å²) in [6.07, 6.45) is 7.56. The SMILES string of the molecule is CCCOc1cccc2c1ccn2CC(=O)C1CCCC1. The van der Waals surface area contributed by atoms with Crippen molar-refractivity contribution in [2.75, 3.05) is 6.61 Å². The third-order valence-electron chi connectivity index (χ3n) is 4.37. The Kier molecular flexibility index (Phi) is 4.28. The van der Waals surface area contributed by atoms with Crippen LogP contribution in [0.25, 0.3) is 10.9 Å². The molecule has 0 unspecified atom stereocenters. The van der Waals surface area contributed by atoms with Gasteiger partial charge >= 0.3 is 0 Å². The van der Waals surface area contributed by atoms with E-state index in [-0.39, 0.29) is 5.92 Å². The number of ether oxygens (including phenoxy) is 1. The molecule has 1 heterocycles. The molecule has 0 aliphatic heterocycles. The van der Waals surface area contributed by atoms with Crippen LogP contribution in [0, 0.1) is 5.92 Å². The lowest BCUT2D eigenvalue weighted by molar-refractivity contribution is -0.123. The normalized spacial score (nSPS) is 15.7. The van der Waals surface area contributed by atoms with Crippen LogP contribution >= 0.6 is 0 Å². The number of carbonyl (C=O) groups is 1. The van der Waals surface area contributed by atoms with Crippen molar-refractivity contribution in [3.8, 4) is 5.75 Å². The first kappa shape index (κ1) is 14.2. The van der Waals surface area contributed by atoms with Crippen LogP contribution in [0.5, 0.6) is 5.75 Å². The van der Waals surface area contributed by atoms with Crippen molar-refractivity contribution in [3.05, 3.63) is 30.5 Å². The number of hydrogen-bond donors (Lipinski definition) is 0. The molecule has 3 nitrogen and oxygen atoms in total. The standard InChI is InChI=1S/C18H23NO2/c1-2-12-21-18-9-5-8-16-15(18)10-11-19(16)13-17(20)14-6-3-4-7-14/h5,8-11,14H,2-4,6-7,12-13H2,1H3. The van der Waals surface area contributed by atoms with Crippen LogP contribution in [0.4, 0.5) is 0 Å². The van der Waals surface area contributed by atoms with Gasteiger partial charge in [-0.2, -0.15) is 0 Å². The van der Waals surface area contributed by atoms with Crippen molar-refractivity contribution in [2.45, 2.75) is 45.6 Å². The van der Waals surface area contributed by atoms with Gasteiger partial charge in [0.15, 0.2) is 5.78 Å². The molecule has 0 N–H and O–H groups in total. The second-order valence-electron chi connectivity index (χ2n) is 5.93. The van der Waals surface area contributed by atoms with Crippen LogP contribution in [0.1, 0.15) is 39.0 Å². The lowest BCUT2D eigenvalue weighted by Crippen LogP contribution is -2.17. The molecule has 3 heteroatoms. The number of ketones is 1. The second-order valence-corrected chi connectivity index (χ2v) is 5.93. The Morgan fingerprint density at radius 3 is 2.86 bits per heavy atom. The minimum atomic E-state index is 0.280. The molecule has 0 radical (unpaired) electrons. The first-order chi connectivity index (χ1) is 10.3. The molecule has 0 amide bonds. The van der Waals surface area contributed by atoms with E-state index in [0.717, 1.165) is 42.5 Å². The lowest BCUT2D eigenvalue weighted by Gasteiger charge is -2.11. The monoisotopic (exact) mass is 285 g/mol. The van der Waals surface area contributed by atoms with Crippen LogP contribution < -0.4 is 4.74 Å². The number of Topliss-reactive ketones (excluding diaryl/α,β-unsaturated/α-hetero) is 1. The van der Waals surface area contributed by atoms with Crippen molar-refractivity contribution in [2.24, 2.45) is 5.92 Å². The van der Waals surface area contributed by atoms with Crippen LogP contribution in [-0.2, 0) is 11.3 Å². The molecule has 0 atom stereocenters. The summed E-state index contributed by atoms with van der Waals surface area (Å²) in [5.41, 5.74) is 1.09. The summed E-state index contributed by atoms with van der Waals surface area (Å²) in [5, 5.41) is 1.10. The molecule has 112 valence electrons. The summed E-state index contributed by atoms with van der Waals surface area (Å²) in [5.74, 6) is 1.58. The van der Waals surface area contributed by atoms with Gasteiger partial charge in [0, 0.05) is 17.5 Å². The van der Waals surface area contributed by atoms with E-state index in [1.54, 1.807) is 0 Å². The van der Waals surface area contributed by atoms with E-state index in [2.05, 4.69) is 23.6 Å². The van der Waals surface area contributed by atoms with Gasteiger partial charge in [0.05, 0.1) is 18.7 Å². The number of fused-ring (bicyclic) bond motifs is 1. The van der Waals surface area contributed by atoms with Gasteiger partial charge in [-0.05, 0) is 37.5 Å².